The van der Waals surface area contributed by atoms with Gasteiger partial charge in [-0.3, -0.25) is 0 Å². The molecule has 1 aromatic heterocycles. The minimum Gasteiger partial charge on any atom is -0.460 e. The van der Waals surface area contributed by atoms with Crippen LogP contribution in [0.4, 0.5) is 0 Å². The largest absolute Gasteiger partial charge is 0.460 e. The highest BCUT2D eigenvalue weighted by Crippen LogP contribution is 2.24. The van der Waals surface area contributed by atoms with Crippen LogP contribution in [0.1, 0.15) is 30.1 Å². The molecule has 1 heterocycles. The van der Waals surface area contributed by atoms with Crippen molar-refractivity contribution in [3.05, 3.63) is 40.7 Å². The lowest BCUT2D eigenvalue weighted by atomic mass is 10.2. The molecule has 0 amide bonds. The molecule has 19 heavy (non-hydrogen) atoms. The van der Waals surface area contributed by atoms with Crippen LogP contribution in [0, 0.1) is 0 Å². The molecule has 2 aromatic rings. The Morgan fingerprint density at radius 1 is 1.32 bits per heavy atom. The van der Waals surface area contributed by atoms with Gasteiger partial charge in [0.1, 0.15) is 0 Å². The molecule has 1 aromatic carbocycles. The number of oxazole rings is 1. The van der Waals surface area contributed by atoms with Crippen LogP contribution in [0.2, 0.25) is 5.02 Å². The molecule has 0 aliphatic carbocycles. The number of ether oxygens (including phenoxy) is 1. The predicted molar refractivity (Wildman–Crippen MR) is 72.3 cm³/mol. The summed E-state index contributed by atoms with van der Waals surface area (Å²) in [4.78, 5) is 16.1. The van der Waals surface area contributed by atoms with Crippen molar-refractivity contribution >= 4 is 17.6 Å². The molecule has 0 N–H and O–H groups in total. The Bertz CT molecular complexity index is 575. The number of halogens is 1. The van der Waals surface area contributed by atoms with Crippen LogP contribution in [0.5, 0.6) is 0 Å². The first-order valence-corrected chi connectivity index (χ1v) is 6.46. The monoisotopic (exact) mass is 279 g/mol. The number of carbonyl (C=O) groups is 1. The van der Waals surface area contributed by atoms with Gasteiger partial charge in [-0.25, -0.2) is 9.78 Å². The Morgan fingerprint density at radius 2 is 2.00 bits per heavy atom. The average molecular weight is 280 g/mol. The molecular formula is C14H14ClNO3. The van der Waals surface area contributed by atoms with Crippen LogP contribution in [-0.4, -0.2) is 17.6 Å². The molecule has 0 aliphatic rings. The van der Waals surface area contributed by atoms with E-state index in [4.69, 9.17) is 20.8 Å². The third-order valence-corrected chi connectivity index (χ3v) is 2.84. The second kappa shape index (κ2) is 5.89. The van der Waals surface area contributed by atoms with E-state index in [0.717, 1.165) is 5.56 Å². The predicted octanol–water partition coefficient (Wildman–Crippen LogP) is 3.73. The Hall–Kier alpha value is -1.81. The van der Waals surface area contributed by atoms with Crippen LogP contribution < -0.4 is 0 Å². The summed E-state index contributed by atoms with van der Waals surface area (Å²) in [6.07, 6.45) is 0.602. The van der Waals surface area contributed by atoms with Crippen molar-refractivity contribution in [1.82, 2.24) is 4.98 Å². The lowest BCUT2D eigenvalue weighted by Gasteiger charge is -1.98. The molecule has 0 bridgehead atoms. The van der Waals surface area contributed by atoms with Crippen molar-refractivity contribution in [3.8, 4) is 11.5 Å². The molecule has 0 atom stereocenters. The number of hydrogen-bond donors (Lipinski definition) is 0. The van der Waals surface area contributed by atoms with Crippen LogP contribution >= 0.6 is 11.6 Å². The summed E-state index contributed by atoms with van der Waals surface area (Å²) in [6, 6.07) is 7.08. The summed E-state index contributed by atoms with van der Waals surface area (Å²) in [5, 5.41) is 0.636. The second-order valence-corrected chi connectivity index (χ2v) is 4.31. The maximum atomic E-state index is 11.7. The second-order valence-electron chi connectivity index (χ2n) is 3.88. The quantitative estimate of drug-likeness (QED) is 0.800. The highest BCUT2D eigenvalue weighted by molar-refractivity contribution is 6.30. The minimum absolute atomic E-state index is 0.175. The number of carbonyl (C=O) groups excluding carboxylic acids is 1. The van der Waals surface area contributed by atoms with Crippen molar-refractivity contribution in [1.29, 1.82) is 0 Å². The molecule has 0 saturated heterocycles. The molecule has 4 nitrogen and oxygen atoms in total. The molecule has 5 heteroatoms. The van der Waals surface area contributed by atoms with E-state index in [-0.39, 0.29) is 5.76 Å². The highest BCUT2D eigenvalue weighted by Gasteiger charge is 2.20. The number of esters is 1. The van der Waals surface area contributed by atoms with E-state index in [1.54, 1.807) is 31.2 Å². The van der Waals surface area contributed by atoms with Crippen LogP contribution in [-0.2, 0) is 11.2 Å². The van der Waals surface area contributed by atoms with E-state index in [1.807, 2.05) is 6.92 Å². The molecule has 2 rings (SSSR count). The van der Waals surface area contributed by atoms with Crippen LogP contribution in [0.25, 0.3) is 11.5 Å². The third-order valence-electron chi connectivity index (χ3n) is 2.58. The summed E-state index contributed by atoms with van der Waals surface area (Å²) in [5.74, 6) is 0.0953. The van der Waals surface area contributed by atoms with Gasteiger partial charge in [0.15, 0.2) is 0 Å². The lowest BCUT2D eigenvalue weighted by Crippen LogP contribution is -2.05. The van der Waals surface area contributed by atoms with Crippen LogP contribution in [0.15, 0.2) is 28.7 Å². The molecule has 0 fully saturated rings. The van der Waals surface area contributed by atoms with Gasteiger partial charge in [0.05, 0.1) is 12.3 Å². The lowest BCUT2D eigenvalue weighted by molar-refractivity contribution is 0.0489. The Kier molecular flexibility index (Phi) is 4.22. The maximum absolute atomic E-state index is 11.7. The minimum atomic E-state index is -0.480. The molecule has 100 valence electrons. The molecule has 0 unspecified atom stereocenters. The Labute approximate surface area is 116 Å². The first-order valence-electron chi connectivity index (χ1n) is 6.08. The molecule has 0 aliphatic heterocycles. The zero-order valence-corrected chi connectivity index (χ0v) is 11.5. The van der Waals surface area contributed by atoms with Gasteiger partial charge in [0.2, 0.25) is 11.7 Å². The summed E-state index contributed by atoms with van der Waals surface area (Å²) in [5.41, 5.74) is 1.37. The number of rotatable bonds is 4. The zero-order chi connectivity index (χ0) is 13.8. The smallest absolute Gasteiger partial charge is 0.376 e. The van der Waals surface area contributed by atoms with E-state index in [9.17, 15) is 4.79 Å². The average Bonchev–Trinajstić information content (AvgIpc) is 2.84. The van der Waals surface area contributed by atoms with E-state index in [0.29, 0.717) is 29.6 Å². The van der Waals surface area contributed by atoms with Gasteiger partial charge >= 0.3 is 5.97 Å². The van der Waals surface area contributed by atoms with Gasteiger partial charge in [-0.15, -0.1) is 0 Å². The van der Waals surface area contributed by atoms with Gasteiger partial charge in [-0.1, -0.05) is 18.5 Å². The molecule has 0 radical (unpaired) electrons. The van der Waals surface area contributed by atoms with Crippen molar-refractivity contribution < 1.29 is 13.9 Å². The fourth-order valence-corrected chi connectivity index (χ4v) is 1.79. The van der Waals surface area contributed by atoms with Crippen molar-refractivity contribution in [2.24, 2.45) is 0 Å². The number of aryl methyl sites for hydroxylation is 1. The van der Waals surface area contributed by atoms with E-state index in [2.05, 4.69) is 4.98 Å². The van der Waals surface area contributed by atoms with Gasteiger partial charge in [-0.05, 0) is 37.6 Å². The molecule has 0 saturated carbocycles. The van der Waals surface area contributed by atoms with Gasteiger partial charge in [0, 0.05) is 10.6 Å². The van der Waals surface area contributed by atoms with E-state index >= 15 is 0 Å². The standard InChI is InChI=1S/C14H14ClNO3/c1-3-11-12(14(17)18-4-2)19-13(16-11)9-5-7-10(15)8-6-9/h5-8H,3-4H2,1-2H3. The summed E-state index contributed by atoms with van der Waals surface area (Å²) in [7, 11) is 0. The van der Waals surface area contributed by atoms with Gasteiger partial charge in [-0.2, -0.15) is 0 Å². The van der Waals surface area contributed by atoms with Crippen molar-refractivity contribution in [3.63, 3.8) is 0 Å². The van der Waals surface area contributed by atoms with Crippen molar-refractivity contribution in [2.45, 2.75) is 20.3 Å². The van der Waals surface area contributed by atoms with Crippen molar-refractivity contribution in [2.75, 3.05) is 6.61 Å². The number of hydrogen-bond acceptors (Lipinski definition) is 4. The zero-order valence-electron chi connectivity index (χ0n) is 10.8. The van der Waals surface area contributed by atoms with E-state index in [1.165, 1.54) is 0 Å². The normalized spacial score (nSPS) is 10.5. The SMILES string of the molecule is CCOC(=O)c1oc(-c2ccc(Cl)cc2)nc1CC. The Balaban J connectivity index is 2.38. The highest BCUT2D eigenvalue weighted by atomic mass is 35.5. The first kappa shape index (κ1) is 13.6. The summed E-state index contributed by atoms with van der Waals surface area (Å²) < 4.78 is 10.5. The van der Waals surface area contributed by atoms with Crippen LogP contribution in [0.3, 0.4) is 0 Å². The molecular weight excluding hydrogens is 266 g/mol. The first-order chi connectivity index (χ1) is 9.15. The fraction of sp³-hybridized carbons (Fsp3) is 0.286. The Morgan fingerprint density at radius 3 is 2.58 bits per heavy atom. The number of benzene rings is 1. The molecule has 0 spiro atoms. The van der Waals surface area contributed by atoms with Gasteiger partial charge < -0.3 is 9.15 Å². The maximum Gasteiger partial charge on any atom is 0.376 e. The van der Waals surface area contributed by atoms with E-state index < -0.39 is 5.97 Å². The summed E-state index contributed by atoms with van der Waals surface area (Å²) >= 11 is 5.83. The topological polar surface area (TPSA) is 52.3 Å². The fourth-order valence-electron chi connectivity index (χ4n) is 1.66. The number of aromatic nitrogens is 1. The van der Waals surface area contributed by atoms with Gasteiger partial charge in [0.25, 0.3) is 0 Å². The number of nitrogens with zero attached hydrogens (tertiary/aromatic N) is 1. The summed E-state index contributed by atoms with van der Waals surface area (Å²) in [6.45, 7) is 3.96. The third kappa shape index (κ3) is 2.96.